The van der Waals surface area contributed by atoms with Gasteiger partial charge < -0.3 is 19.7 Å². The van der Waals surface area contributed by atoms with Crippen LogP contribution in [0.5, 0.6) is 0 Å². The van der Waals surface area contributed by atoms with E-state index in [2.05, 4.69) is 15.2 Å². The van der Waals surface area contributed by atoms with Crippen LogP contribution in [0.2, 0.25) is 0 Å². The van der Waals surface area contributed by atoms with Crippen LogP contribution >= 0.6 is 0 Å². The van der Waals surface area contributed by atoms with Crippen molar-refractivity contribution in [2.24, 2.45) is 5.92 Å². The average Bonchev–Trinajstić information content (AvgIpc) is 3.34. The Morgan fingerprint density at radius 2 is 1.85 bits per heavy atom. The first-order valence-electron chi connectivity index (χ1n) is 14.6. The van der Waals surface area contributed by atoms with E-state index >= 15 is 0 Å². The number of hydrogen-bond donors (Lipinski definition) is 1. The third kappa shape index (κ3) is 5.01. The molecule has 0 spiro atoms. The third-order valence-corrected chi connectivity index (χ3v) is 9.24. The van der Waals surface area contributed by atoms with Crippen LogP contribution in [0.1, 0.15) is 55.5 Å². The normalized spacial score (nSPS) is 23.2. The molecule has 2 amide bonds. The molecular weight excluding hydrogens is 507 g/mol. The number of pyridine rings is 1. The molecule has 212 valence electrons. The molecule has 1 N–H and O–H groups in total. The van der Waals surface area contributed by atoms with Crippen molar-refractivity contribution in [2.45, 2.75) is 64.2 Å². The Kier molecular flexibility index (Phi) is 7.35. The van der Waals surface area contributed by atoms with E-state index < -0.39 is 5.82 Å². The van der Waals surface area contributed by atoms with E-state index in [1.807, 2.05) is 35.6 Å². The van der Waals surface area contributed by atoms with Crippen molar-refractivity contribution in [2.75, 3.05) is 33.2 Å². The van der Waals surface area contributed by atoms with Gasteiger partial charge in [-0.25, -0.2) is 4.39 Å². The van der Waals surface area contributed by atoms with Crippen LogP contribution < -0.4 is 5.32 Å². The van der Waals surface area contributed by atoms with Gasteiger partial charge in [-0.15, -0.1) is 0 Å². The van der Waals surface area contributed by atoms with Gasteiger partial charge in [-0.1, -0.05) is 0 Å². The van der Waals surface area contributed by atoms with E-state index in [-0.39, 0.29) is 23.9 Å². The minimum atomic E-state index is -0.442. The standard InChI is InChI=1S/C31H39FN6O2/c1-20(2)35(3)30(39)26-16-23(32)6-9-27(26)38-19-22(25-10-11-33-17-28(25)38)18-36-12-14-37(15-13-36)31(40)29-21-4-7-24(34-29)8-5-21/h6,9-11,16-17,19-21,24,29,34H,4-5,7-8,12-15,18H2,1-3H3. The predicted octanol–water partition coefficient (Wildman–Crippen LogP) is 3.82. The molecule has 3 aromatic rings. The third-order valence-electron chi connectivity index (χ3n) is 9.24. The first-order valence-corrected chi connectivity index (χ1v) is 14.6. The molecule has 1 aliphatic carbocycles. The Balaban J connectivity index is 1.21. The fraction of sp³-hybridized carbons (Fsp3) is 0.516. The quantitative estimate of drug-likeness (QED) is 0.509. The van der Waals surface area contributed by atoms with Crippen molar-refractivity contribution < 1.29 is 14.0 Å². The van der Waals surface area contributed by atoms with Gasteiger partial charge in [0, 0.05) is 69.6 Å². The number of aromatic nitrogens is 2. The molecule has 4 aliphatic rings. The molecule has 2 aromatic heterocycles. The number of nitrogens with one attached hydrogen (secondary N) is 1. The van der Waals surface area contributed by atoms with Gasteiger partial charge in [-0.3, -0.25) is 19.5 Å². The monoisotopic (exact) mass is 546 g/mol. The molecule has 9 heteroatoms. The van der Waals surface area contributed by atoms with Crippen molar-refractivity contribution >= 4 is 22.7 Å². The van der Waals surface area contributed by atoms with Gasteiger partial charge in [-0.05, 0) is 75.3 Å². The molecular formula is C31H39FN6O2. The largest absolute Gasteiger partial charge is 0.339 e. The molecule has 3 aliphatic heterocycles. The van der Waals surface area contributed by atoms with E-state index in [1.54, 1.807) is 30.4 Å². The smallest absolute Gasteiger partial charge is 0.256 e. The Morgan fingerprint density at radius 1 is 1.10 bits per heavy atom. The summed E-state index contributed by atoms with van der Waals surface area (Å²) in [5.74, 6) is 0.0939. The molecule has 5 heterocycles. The van der Waals surface area contributed by atoms with E-state index in [0.29, 0.717) is 23.2 Å². The van der Waals surface area contributed by atoms with Gasteiger partial charge in [0.15, 0.2) is 0 Å². The number of amides is 2. The maximum Gasteiger partial charge on any atom is 0.256 e. The van der Waals surface area contributed by atoms with Crippen LogP contribution in [-0.4, -0.2) is 87.4 Å². The number of rotatable bonds is 6. The summed E-state index contributed by atoms with van der Waals surface area (Å²) in [5.41, 5.74) is 2.94. The second-order valence-corrected chi connectivity index (χ2v) is 11.9. The Morgan fingerprint density at radius 3 is 2.52 bits per heavy atom. The van der Waals surface area contributed by atoms with Crippen LogP contribution in [0.15, 0.2) is 42.9 Å². The van der Waals surface area contributed by atoms with Gasteiger partial charge in [0.25, 0.3) is 5.91 Å². The SMILES string of the molecule is CC(C)N(C)C(=O)c1cc(F)ccc1-n1cc(CN2CCN(C(=O)C3NC4CCC3CC4)CC2)c2ccncc21. The fourth-order valence-electron chi connectivity index (χ4n) is 6.63. The van der Waals surface area contributed by atoms with E-state index in [9.17, 15) is 14.0 Å². The topological polar surface area (TPSA) is 73.7 Å². The Hall–Kier alpha value is -3.30. The fourth-order valence-corrected chi connectivity index (χ4v) is 6.63. The first kappa shape index (κ1) is 26.9. The van der Waals surface area contributed by atoms with Crippen LogP contribution in [0, 0.1) is 11.7 Å². The van der Waals surface area contributed by atoms with Crippen molar-refractivity contribution in [3.8, 4) is 5.69 Å². The number of piperazine rings is 1. The molecule has 1 atom stereocenters. The molecule has 40 heavy (non-hydrogen) atoms. The Bertz CT molecular complexity index is 1400. The highest BCUT2D eigenvalue weighted by Crippen LogP contribution is 2.34. The van der Waals surface area contributed by atoms with E-state index in [4.69, 9.17) is 0 Å². The zero-order chi connectivity index (χ0) is 28.0. The first-order chi connectivity index (χ1) is 19.3. The molecule has 1 aromatic carbocycles. The van der Waals surface area contributed by atoms with Crippen molar-refractivity contribution in [3.63, 3.8) is 0 Å². The number of carbonyl (C=O) groups is 2. The van der Waals surface area contributed by atoms with Crippen molar-refractivity contribution in [1.29, 1.82) is 0 Å². The van der Waals surface area contributed by atoms with Gasteiger partial charge in [-0.2, -0.15) is 0 Å². The number of fused-ring (bicyclic) bond motifs is 4. The minimum absolute atomic E-state index is 0.00752. The average molecular weight is 547 g/mol. The highest BCUT2D eigenvalue weighted by atomic mass is 19.1. The van der Waals surface area contributed by atoms with E-state index in [0.717, 1.165) is 49.2 Å². The summed E-state index contributed by atoms with van der Waals surface area (Å²) in [7, 11) is 1.74. The Labute approximate surface area is 235 Å². The zero-order valence-corrected chi connectivity index (χ0v) is 23.6. The summed E-state index contributed by atoms with van der Waals surface area (Å²) in [6.45, 7) is 7.67. The lowest BCUT2D eigenvalue weighted by atomic mass is 9.76. The molecule has 1 unspecified atom stereocenters. The van der Waals surface area contributed by atoms with Gasteiger partial charge in [0.05, 0.1) is 29.0 Å². The number of hydrogen-bond acceptors (Lipinski definition) is 5. The second-order valence-electron chi connectivity index (χ2n) is 11.9. The minimum Gasteiger partial charge on any atom is -0.339 e. The number of benzene rings is 1. The molecule has 3 saturated heterocycles. The van der Waals surface area contributed by atoms with Crippen LogP contribution in [-0.2, 0) is 11.3 Å². The summed E-state index contributed by atoms with van der Waals surface area (Å²) < 4.78 is 16.3. The molecule has 7 rings (SSSR count). The highest BCUT2D eigenvalue weighted by Gasteiger charge is 2.41. The lowest BCUT2D eigenvalue weighted by Crippen LogP contribution is -2.61. The van der Waals surface area contributed by atoms with Gasteiger partial charge >= 0.3 is 0 Å². The van der Waals surface area contributed by atoms with Crippen LogP contribution in [0.3, 0.4) is 0 Å². The summed E-state index contributed by atoms with van der Waals surface area (Å²) in [5, 5.41) is 4.66. The molecule has 4 fully saturated rings. The lowest BCUT2D eigenvalue weighted by molar-refractivity contribution is -0.139. The zero-order valence-electron chi connectivity index (χ0n) is 23.6. The van der Waals surface area contributed by atoms with Gasteiger partial charge in [0.1, 0.15) is 5.82 Å². The number of carbonyl (C=O) groups excluding carboxylic acids is 2. The maximum absolute atomic E-state index is 14.3. The second kappa shape index (κ2) is 10.9. The molecule has 2 bridgehead atoms. The number of piperidine rings is 2. The molecule has 1 saturated carbocycles. The van der Waals surface area contributed by atoms with Crippen LogP contribution in [0.25, 0.3) is 16.6 Å². The molecule has 8 nitrogen and oxygen atoms in total. The molecule has 0 radical (unpaired) electrons. The van der Waals surface area contributed by atoms with Crippen molar-refractivity contribution in [1.82, 2.24) is 29.6 Å². The van der Waals surface area contributed by atoms with Gasteiger partial charge in [0.2, 0.25) is 5.91 Å². The van der Waals surface area contributed by atoms with Crippen molar-refractivity contribution in [3.05, 3.63) is 59.8 Å². The maximum atomic E-state index is 14.3. The van der Waals surface area contributed by atoms with Crippen LogP contribution in [0.4, 0.5) is 4.39 Å². The summed E-state index contributed by atoms with van der Waals surface area (Å²) >= 11 is 0. The summed E-state index contributed by atoms with van der Waals surface area (Å²) in [6.07, 6.45) is 10.4. The number of halogens is 1. The predicted molar refractivity (Wildman–Crippen MR) is 153 cm³/mol. The summed E-state index contributed by atoms with van der Waals surface area (Å²) in [4.78, 5) is 37.0. The van der Waals surface area contributed by atoms with E-state index in [1.165, 1.54) is 37.8 Å². The summed E-state index contributed by atoms with van der Waals surface area (Å²) in [6, 6.07) is 6.87. The highest BCUT2D eigenvalue weighted by molar-refractivity contribution is 5.99. The lowest BCUT2D eigenvalue weighted by Gasteiger charge is -2.45. The number of nitrogens with zero attached hydrogens (tertiary/aromatic N) is 5.